The number of hydrogen-bond donors (Lipinski definition) is 2. The predicted octanol–water partition coefficient (Wildman–Crippen LogP) is 0.195. The third kappa shape index (κ3) is 2.66. The van der Waals surface area contributed by atoms with Crippen LogP contribution in [0.5, 0.6) is 0 Å². The number of piperidine rings is 1. The van der Waals surface area contributed by atoms with Gasteiger partial charge in [0.2, 0.25) is 0 Å². The first-order chi connectivity index (χ1) is 6.34. The highest BCUT2D eigenvalue weighted by molar-refractivity contribution is 4.80. The summed E-state index contributed by atoms with van der Waals surface area (Å²) >= 11 is 0. The van der Waals surface area contributed by atoms with E-state index in [4.69, 9.17) is 0 Å². The Morgan fingerprint density at radius 2 is 2.00 bits per heavy atom. The van der Waals surface area contributed by atoms with Gasteiger partial charge in [0.05, 0.1) is 6.10 Å². The fraction of sp³-hybridized carbons (Fsp3) is 1.00. The van der Waals surface area contributed by atoms with Gasteiger partial charge in [-0.25, -0.2) is 0 Å². The normalized spacial score (nSPS) is 32.5. The van der Waals surface area contributed by atoms with E-state index in [0.717, 1.165) is 32.0 Å². The molecule has 0 amide bonds. The molecule has 0 radical (unpaired) electrons. The minimum atomic E-state index is -0.0345. The van der Waals surface area contributed by atoms with E-state index < -0.39 is 0 Å². The van der Waals surface area contributed by atoms with E-state index in [1.165, 1.54) is 25.9 Å². The fourth-order valence-corrected chi connectivity index (χ4v) is 2.33. The van der Waals surface area contributed by atoms with Crippen LogP contribution >= 0.6 is 0 Å². The van der Waals surface area contributed by atoms with Gasteiger partial charge in [0.25, 0.3) is 0 Å². The quantitative estimate of drug-likeness (QED) is 0.643. The molecule has 2 saturated heterocycles. The van der Waals surface area contributed by atoms with Gasteiger partial charge in [0.1, 0.15) is 0 Å². The Bertz CT molecular complexity index is 149. The van der Waals surface area contributed by atoms with Crippen molar-refractivity contribution in [2.24, 2.45) is 0 Å². The van der Waals surface area contributed by atoms with Gasteiger partial charge < -0.3 is 15.3 Å². The highest BCUT2D eigenvalue weighted by Gasteiger charge is 2.21. The molecule has 0 aromatic carbocycles. The lowest BCUT2D eigenvalue weighted by atomic mass is 10.1. The van der Waals surface area contributed by atoms with Crippen LogP contribution in [0.2, 0.25) is 0 Å². The highest BCUT2D eigenvalue weighted by atomic mass is 16.3. The summed E-state index contributed by atoms with van der Waals surface area (Å²) in [5.74, 6) is 0. The first-order valence-electron chi connectivity index (χ1n) is 5.48. The minimum absolute atomic E-state index is 0.0345. The summed E-state index contributed by atoms with van der Waals surface area (Å²) in [6.07, 6.45) is 4.56. The smallest absolute Gasteiger partial charge is 0.0564 e. The maximum Gasteiger partial charge on any atom is 0.0564 e. The van der Waals surface area contributed by atoms with E-state index in [0.29, 0.717) is 0 Å². The van der Waals surface area contributed by atoms with Gasteiger partial charge in [0, 0.05) is 25.7 Å². The average molecular weight is 184 g/mol. The molecule has 2 heterocycles. The number of aliphatic hydroxyl groups is 1. The summed E-state index contributed by atoms with van der Waals surface area (Å²) in [4.78, 5) is 2.48. The summed E-state index contributed by atoms with van der Waals surface area (Å²) in [6.45, 7) is 4.55. The van der Waals surface area contributed by atoms with Crippen molar-refractivity contribution in [3.8, 4) is 0 Å². The second kappa shape index (κ2) is 4.40. The van der Waals surface area contributed by atoms with Crippen LogP contribution in [-0.2, 0) is 0 Å². The van der Waals surface area contributed by atoms with E-state index in [1.807, 2.05) is 0 Å². The molecule has 3 nitrogen and oxygen atoms in total. The molecule has 2 fully saturated rings. The summed E-state index contributed by atoms with van der Waals surface area (Å²) in [7, 11) is 0. The number of nitrogens with one attached hydrogen (secondary N) is 1. The molecule has 0 saturated carbocycles. The number of hydrogen-bond acceptors (Lipinski definition) is 3. The van der Waals surface area contributed by atoms with Crippen molar-refractivity contribution in [3.05, 3.63) is 0 Å². The van der Waals surface area contributed by atoms with E-state index >= 15 is 0 Å². The Morgan fingerprint density at radius 3 is 2.62 bits per heavy atom. The molecule has 76 valence electrons. The Kier molecular flexibility index (Phi) is 3.19. The summed E-state index contributed by atoms with van der Waals surface area (Å²) in [5, 5.41) is 12.9. The van der Waals surface area contributed by atoms with Crippen molar-refractivity contribution in [3.63, 3.8) is 0 Å². The Balaban J connectivity index is 1.69. The second-order valence-corrected chi connectivity index (χ2v) is 4.33. The standard InChI is InChI=1S/C10H20N2O/c13-10-3-6-12(7-4-10)8-9-2-1-5-11-9/h9-11,13H,1-8H2/t9-/m1/s1. The Hall–Kier alpha value is -0.120. The van der Waals surface area contributed by atoms with Crippen molar-refractivity contribution in [1.82, 2.24) is 10.2 Å². The topological polar surface area (TPSA) is 35.5 Å². The van der Waals surface area contributed by atoms with Crippen molar-refractivity contribution in [1.29, 1.82) is 0 Å². The predicted molar refractivity (Wildman–Crippen MR) is 52.7 cm³/mol. The molecule has 2 rings (SSSR count). The molecular formula is C10H20N2O. The largest absolute Gasteiger partial charge is 0.393 e. The molecule has 1 atom stereocenters. The second-order valence-electron chi connectivity index (χ2n) is 4.33. The number of rotatable bonds is 2. The first kappa shape index (κ1) is 9.44. The lowest BCUT2D eigenvalue weighted by molar-refractivity contribution is 0.0788. The zero-order valence-corrected chi connectivity index (χ0v) is 8.21. The third-order valence-electron chi connectivity index (χ3n) is 3.20. The molecular weight excluding hydrogens is 164 g/mol. The van der Waals surface area contributed by atoms with Crippen molar-refractivity contribution >= 4 is 0 Å². The van der Waals surface area contributed by atoms with Crippen LogP contribution in [0, 0.1) is 0 Å². The fourth-order valence-electron chi connectivity index (χ4n) is 2.33. The Morgan fingerprint density at radius 1 is 1.23 bits per heavy atom. The average Bonchev–Trinajstić information content (AvgIpc) is 2.62. The molecule has 2 aliphatic heterocycles. The van der Waals surface area contributed by atoms with Crippen LogP contribution in [0.25, 0.3) is 0 Å². The van der Waals surface area contributed by atoms with Gasteiger partial charge >= 0.3 is 0 Å². The van der Waals surface area contributed by atoms with Crippen LogP contribution in [0.15, 0.2) is 0 Å². The van der Waals surface area contributed by atoms with Gasteiger partial charge in [0.15, 0.2) is 0 Å². The van der Waals surface area contributed by atoms with Crippen LogP contribution in [0.3, 0.4) is 0 Å². The molecule has 0 bridgehead atoms. The summed E-state index contributed by atoms with van der Waals surface area (Å²) < 4.78 is 0. The summed E-state index contributed by atoms with van der Waals surface area (Å²) in [5.41, 5.74) is 0. The summed E-state index contributed by atoms with van der Waals surface area (Å²) in [6, 6.07) is 0.718. The maximum absolute atomic E-state index is 9.35. The van der Waals surface area contributed by atoms with E-state index in [9.17, 15) is 5.11 Å². The molecule has 13 heavy (non-hydrogen) atoms. The van der Waals surface area contributed by atoms with Crippen LogP contribution in [0.1, 0.15) is 25.7 Å². The van der Waals surface area contributed by atoms with Gasteiger partial charge in [-0.05, 0) is 32.2 Å². The van der Waals surface area contributed by atoms with Gasteiger partial charge in [-0.2, -0.15) is 0 Å². The van der Waals surface area contributed by atoms with E-state index in [-0.39, 0.29) is 6.10 Å². The van der Waals surface area contributed by atoms with Crippen LogP contribution in [-0.4, -0.2) is 48.3 Å². The zero-order chi connectivity index (χ0) is 9.10. The molecule has 0 aromatic heterocycles. The van der Waals surface area contributed by atoms with Crippen LogP contribution < -0.4 is 5.32 Å². The lowest BCUT2D eigenvalue weighted by Crippen LogP contribution is -2.42. The first-order valence-corrected chi connectivity index (χ1v) is 5.48. The maximum atomic E-state index is 9.35. The molecule has 0 aromatic rings. The third-order valence-corrected chi connectivity index (χ3v) is 3.20. The van der Waals surface area contributed by atoms with Crippen molar-refractivity contribution < 1.29 is 5.11 Å². The molecule has 2 aliphatic rings. The number of likely N-dealkylation sites (tertiary alicyclic amines) is 1. The molecule has 0 unspecified atom stereocenters. The van der Waals surface area contributed by atoms with E-state index in [2.05, 4.69) is 10.2 Å². The SMILES string of the molecule is OC1CCN(C[C@H]2CCCN2)CC1. The molecule has 2 N–H and O–H groups in total. The van der Waals surface area contributed by atoms with Gasteiger partial charge in [-0.15, -0.1) is 0 Å². The van der Waals surface area contributed by atoms with Crippen molar-refractivity contribution in [2.75, 3.05) is 26.2 Å². The number of aliphatic hydroxyl groups excluding tert-OH is 1. The zero-order valence-electron chi connectivity index (χ0n) is 8.21. The molecule has 0 spiro atoms. The number of nitrogens with zero attached hydrogens (tertiary/aromatic N) is 1. The van der Waals surface area contributed by atoms with E-state index in [1.54, 1.807) is 0 Å². The lowest BCUT2D eigenvalue weighted by Gasteiger charge is -2.31. The Labute approximate surface area is 80.1 Å². The molecule has 3 heteroatoms. The van der Waals surface area contributed by atoms with Crippen LogP contribution in [0.4, 0.5) is 0 Å². The highest BCUT2D eigenvalue weighted by Crippen LogP contribution is 2.13. The van der Waals surface area contributed by atoms with Gasteiger partial charge in [-0.1, -0.05) is 0 Å². The minimum Gasteiger partial charge on any atom is -0.393 e. The van der Waals surface area contributed by atoms with Gasteiger partial charge in [-0.3, -0.25) is 0 Å². The van der Waals surface area contributed by atoms with Crippen molar-refractivity contribution in [2.45, 2.75) is 37.8 Å². The molecule has 0 aliphatic carbocycles. The monoisotopic (exact) mass is 184 g/mol.